The Kier molecular flexibility index (Phi) is 12.3. The van der Waals surface area contributed by atoms with Gasteiger partial charge in [-0.2, -0.15) is 18.3 Å². The Hall–Kier alpha value is -2.93. The molecule has 4 aliphatic rings. The van der Waals surface area contributed by atoms with Crippen LogP contribution < -0.4 is 21.7 Å². The average molecular weight is 645 g/mol. The second-order valence-electron chi connectivity index (χ2n) is 11.2. The molecule has 18 heteroatoms. The lowest BCUT2D eigenvalue weighted by Crippen LogP contribution is -2.51. The summed E-state index contributed by atoms with van der Waals surface area (Å²) in [6.07, 6.45) is 3.29. The first-order chi connectivity index (χ1) is 21.1. The average Bonchev–Trinajstić information content (AvgIpc) is 3.43. The van der Waals surface area contributed by atoms with Crippen LogP contribution in [0.25, 0.3) is 0 Å². The number of hydrazine groups is 1. The van der Waals surface area contributed by atoms with E-state index in [-0.39, 0.29) is 18.8 Å². The lowest BCUT2D eigenvalue weighted by molar-refractivity contribution is -0.178. The zero-order valence-electron chi connectivity index (χ0n) is 24.1. The largest absolute Gasteiger partial charge is 0.392 e. The number of azo groups is 1. The molecule has 0 bridgehead atoms. The SMILES string of the molecule is NN=NC(=O)C1C(NC(=O)N(N)CCCN2CCOCC2)SNC1C1C=CC(N=NC(=O)C2C=CCC(C(F)(F)F)C2)CC1. The van der Waals surface area contributed by atoms with Gasteiger partial charge in [-0.25, -0.2) is 10.6 Å². The number of alkyl halides is 3. The molecular weight excluding hydrogens is 605 g/mol. The van der Waals surface area contributed by atoms with Crippen molar-refractivity contribution in [3.63, 3.8) is 0 Å². The van der Waals surface area contributed by atoms with Crippen LogP contribution in [-0.2, 0) is 14.3 Å². The van der Waals surface area contributed by atoms with Gasteiger partial charge < -0.3 is 15.9 Å². The normalized spacial score (nSPS) is 31.5. The second kappa shape index (κ2) is 15.9. The molecule has 244 valence electrons. The number of allylic oxidation sites excluding steroid dienone is 1. The Bertz CT molecular complexity index is 1130. The molecule has 4 rings (SSSR count). The summed E-state index contributed by atoms with van der Waals surface area (Å²) in [5.74, 6) is 6.36. The van der Waals surface area contributed by atoms with Crippen LogP contribution in [0.4, 0.5) is 18.0 Å². The van der Waals surface area contributed by atoms with Crippen LogP contribution in [0, 0.1) is 23.7 Å². The van der Waals surface area contributed by atoms with Gasteiger partial charge in [0.05, 0.1) is 37.0 Å². The van der Waals surface area contributed by atoms with Crippen molar-refractivity contribution in [1.82, 2.24) is 19.9 Å². The minimum Gasteiger partial charge on any atom is -0.379 e. The lowest BCUT2D eigenvalue weighted by Gasteiger charge is -2.29. The van der Waals surface area contributed by atoms with E-state index < -0.39 is 59.2 Å². The number of morpholine rings is 1. The van der Waals surface area contributed by atoms with Crippen molar-refractivity contribution in [1.29, 1.82) is 0 Å². The number of nitrogens with zero attached hydrogens (tertiary/aromatic N) is 6. The third-order valence-corrected chi connectivity index (χ3v) is 9.31. The number of amides is 4. The molecule has 0 aromatic carbocycles. The summed E-state index contributed by atoms with van der Waals surface area (Å²) >= 11 is 1.17. The number of carbonyl (C=O) groups is 3. The summed E-state index contributed by atoms with van der Waals surface area (Å²) in [6.45, 7) is 4.14. The number of nitrogens with one attached hydrogen (secondary N) is 2. The van der Waals surface area contributed by atoms with Crippen LogP contribution in [0.15, 0.2) is 44.9 Å². The van der Waals surface area contributed by atoms with E-state index in [1.54, 1.807) is 6.08 Å². The van der Waals surface area contributed by atoms with Gasteiger partial charge in [0.1, 0.15) is 5.37 Å². The highest BCUT2D eigenvalue weighted by Crippen LogP contribution is 2.38. The molecule has 0 radical (unpaired) electrons. The van der Waals surface area contributed by atoms with Crippen molar-refractivity contribution in [2.45, 2.75) is 55.7 Å². The van der Waals surface area contributed by atoms with Gasteiger partial charge in [0.2, 0.25) is 0 Å². The number of nitrogens with two attached hydrogens (primary N) is 2. The monoisotopic (exact) mass is 644 g/mol. The van der Waals surface area contributed by atoms with E-state index in [1.165, 1.54) is 24.1 Å². The van der Waals surface area contributed by atoms with E-state index in [0.29, 0.717) is 39.0 Å². The maximum atomic E-state index is 13.1. The van der Waals surface area contributed by atoms with Crippen LogP contribution in [-0.4, -0.2) is 90.8 Å². The van der Waals surface area contributed by atoms with E-state index in [0.717, 1.165) is 24.6 Å². The Labute approximate surface area is 257 Å². The van der Waals surface area contributed by atoms with E-state index in [9.17, 15) is 27.6 Å². The van der Waals surface area contributed by atoms with E-state index in [2.05, 4.69) is 35.5 Å². The summed E-state index contributed by atoms with van der Waals surface area (Å²) in [5.41, 5.74) is 0. The molecule has 2 aliphatic heterocycles. The first-order valence-corrected chi connectivity index (χ1v) is 15.5. The van der Waals surface area contributed by atoms with Gasteiger partial charge in [0.15, 0.2) is 0 Å². The fourth-order valence-corrected chi connectivity index (χ4v) is 6.95. The number of hydrogen-bond donors (Lipinski definition) is 4. The quantitative estimate of drug-likeness (QED) is 0.0729. The zero-order chi connectivity index (χ0) is 31.7. The van der Waals surface area contributed by atoms with Crippen molar-refractivity contribution < 1.29 is 32.3 Å². The number of urea groups is 1. The fourth-order valence-electron chi connectivity index (χ4n) is 5.73. The lowest BCUT2D eigenvalue weighted by atomic mass is 9.81. The summed E-state index contributed by atoms with van der Waals surface area (Å²) < 4.78 is 47.8. The fraction of sp³-hybridized carbons (Fsp3) is 0.731. The van der Waals surface area contributed by atoms with Gasteiger partial charge in [-0.15, -0.1) is 5.11 Å². The van der Waals surface area contributed by atoms with Gasteiger partial charge in [-0.1, -0.05) is 46.6 Å². The maximum absolute atomic E-state index is 13.1. The van der Waals surface area contributed by atoms with Gasteiger partial charge in [0, 0.05) is 32.2 Å². The molecule has 0 aromatic rings. The van der Waals surface area contributed by atoms with Gasteiger partial charge in [-0.3, -0.25) is 24.2 Å². The molecule has 2 saturated heterocycles. The predicted octanol–water partition coefficient (Wildman–Crippen LogP) is 2.47. The molecule has 7 unspecified atom stereocenters. The number of carbonyl (C=O) groups excluding carboxylic acids is 3. The topological polar surface area (TPSA) is 192 Å². The molecule has 4 amide bonds. The standard InChI is InChI=1S/C26H39F3N10O4S/c27-26(28,29)18-4-1-3-17(15-18)22(40)34-33-19-7-5-16(6-8-19)21-20(23(41)35-37-30)24(44-36-21)32-25(42)39(31)10-2-9-38-11-13-43-14-12-38/h1,3,5,7,16-21,24,36H,2,4,6,8-15,31H2,(H,32,42)(H2,30,35,41). The Morgan fingerprint density at radius 2 is 1.89 bits per heavy atom. The molecule has 2 aliphatic carbocycles. The second-order valence-corrected chi connectivity index (χ2v) is 12.2. The van der Waals surface area contributed by atoms with E-state index >= 15 is 0 Å². The number of hydrogen-bond acceptors (Lipinski definition) is 10. The summed E-state index contributed by atoms with van der Waals surface area (Å²) in [7, 11) is 0. The van der Waals surface area contributed by atoms with Gasteiger partial charge in [-0.05, 0) is 38.0 Å². The molecule has 2 fully saturated rings. The summed E-state index contributed by atoms with van der Waals surface area (Å²) in [6, 6.07) is -1.40. The maximum Gasteiger partial charge on any atom is 0.392 e. The molecule has 0 saturated carbocycles. The van der Waals surface area contributed by atoms with Crippen molar-refractivity contribution in [2.24, 2.45) is 55.9 Å². The minimum atomic E-state index is -4.37. The molecule has 0 spiro atoms. The molecule has 2 heterocycles. The summed E-state index contributed by atoms with van der Waals surface area (Å²) in [4.78, 5) is 40.4. The summed E-state index contributed by atoms with van der Waals surface area (Å²) in [5, 5.41) is 17.6. The third-order valence-electron chi connectivity index (χ3n) is 8.24. The molecule has 6 N–H and O–H groups in total. The highest BCUT2D eigenvalue weighted by molar-refractivity contribution is 7.98. The zero-order valence-corrected chi connectivity index (χ0v) is 25.0. The van der Waals surface area contributed by atoms with Crippen LogP contribution in [0.3, 0.4) is 0 Å². The Balaban J connectivity index is 1.30. The Morgan fingerprint density at radius 3 is 2.57 bits per heavy atom. The van der Waals surface area contributed by atoms with E-state index in [1.807, 2.05) is 6.08 Å². The van der Waals surface area contributed by atoms with Crippen LogP contribution in [0.5, 0.6) is 0 Å². The Morgan fingerprint density at radius 1 is 1.11 bits per heavy atom. The van der Waals surface area contributed by atoms with E-state index in [4.69, 9.17) is 16.4 Å². The van der Waals surface area contributed by atoms with Gasteiger partial charge in [0.25, 0.3) is 11.8 Å². The van der Waals surface area contributed by atoms with Crippen LogP contribution in [0.2, 0.25) is 0 Å². The van der Waals surface area contributed by atoms with Gasteiger partial charge >= 0.3 is 12.2 Å². The minimum absolute atomic E-state index is 0.148. The highest BCUT2D eigenvalue weighted by Gasteiger charge is 2.47. The van der Waals surface area contributed by atoms with Crippen LogP contribution >= 0.6 is 11.9 Å². The molecule has 14 nitrogen and oxygen atoms in total. The molecular formula is C26H39F3N10O4S. The number of rotatable bonds is 9. The predicted molar refractivity (Wildman–Crippen MR) is 154 cm³/mol. The first-order valence-electron chi connectivity index (χ1n) is 14.6. The first kappa shape index (κ1) is 34.0. The smallest absolute Gasteiger partial charge is 0.379 e. The molecule has 44 heavy (non-hydrogen) atoms. The third kappa shape index (κ3) is 9.29. The molecule has 0 aromatic heterocycles. The van der Waals surface area contributed by atoms with Crippen LogP contribution in [0.1, 0.15) is 32.1 Å². The van der Waals surface area contributed by atoms with Crippen molar-refractivity contribution in [3.05, 3.63) is 24.3 Å². The highest BCUT2D eigenvalue weighted by atomic mass is 32.2. The number of halogens is 3. The number of ether oxygens (including phenoxy) is 1. The van der Waals surface area contributed by atoms with Crippen molar-refractivity contribution in [3.8, 4) is 0 Å². The molecule has 7 atom stereocenters. The van der Waals surface area contributed by atoms with Crippen molar-refractivity contribution >= 4 is 29.8 Å². The van der Waals surface area contributed by atoms with Crippen molar-refractivity contribution in [2.75, 3.05) is 39.4 Å².